The lowest BCUT2D eigenvalue weighted by Gasteiger charge is -1.72. The van der Waals surface area contributed by atoms with Crippen molar-refractivity contribution in [2.75, 3.05) is 0 Å². The van der Waals surface area contributed by atoms with Gasteiger partial charge in [0.25, 0.3) is 0 Å². The Morgan fingerprint density at radius 2 is 2.67 bits per heavy atom. The van der Waals surface area contributed by atoms with Crippen LogP contribution in [0.3, 0.4) is 0 Å². The topological polar surface area (TPSA) is 0 Å². The molecule has 1 aliphatic carbocycles. The first kappa shape index (κ1) is 3.66. The van der Waals surface area contributed by atoms with E-state index in [1.807, 2.05) is 6.08 Å². The highest BCUT2D eigenvalue weighted by molar-refractivity contribution is 5.23. The van der Waals surface area contributed by atoms with Gasteiger partial charge in [-0.1, -0.05) is 17.7 Å². The summed E-state index contributed by atoms with van der Waals surface area (Å²) in [5.74, 6) is 0. The number of allylic oxidation sites excluding steroid dienone is 3. The van der Waals surface area contributed by atoms with Crippen LogP contribution >= 0.6 is 0 Å². The van der Waals surface area contributed by atoms with Gasteiger partial charge < -0.3 is 0 Å². The Kier molecular flexibility index (Phi) is 0.789. The van der Waals surface area contributed by atoms with Crippen LogP contribution in [0.25, 0.3) is 0 Å². The van der Waals surface area contributed by atoms with Gasteiger partial charge in [0, 0.05) is 0 Å². The molecule has 1 rings (SSSR count). The maximum absolute atomic E-state index is 3.60. The van der Waals surface area contributed by atoms with E-state index in [0.29, 0.717) is 0 Å². The molecule has 0 amide bonds. The van der Waals surface area contributed by atoms with Crippen LogP contribution in [0.15, 0.2) is 24.3 Å². The highest BCUT2D eigenvalue weighted by atomic mass is 14.1. The minimum Gasteiger partial charge on any atom is -0.103 e. The Hall–Kier alpha value is -0.520. The van der Waals surface area contributed by atoms with Crippen molar-refractivity contribution in [3.63, 3.8) is 0 Å². The molecule has 0 aromatic heterocycles. The Balaban J connectivity index is 2.16. The molecule has 0 saturated heterocycles. The maximum atomic E-state index is 3.60. The molecule has 0 aromatic rings. The molecule has 0 aliphatic heterocycles. The van der Waals surface area contributed by atoms with E-state index in [4.69, 9.17) is 0 Å². The van der Waals surface area contributed by atoms with E-state index in [1.165, 1.54) is 6.42 Å². The molecule has 0 heterocycles. The lowest BCUT2D eigenvalue weighted by atomic mass is 10.3. The van der Waals surface area contributed by atoms with E-state index in [9.17, 15) is 0 Å². The summed E-state index contributed by atoms with van der Waals surface area (Å²) < 4.78 is 0. The third kappa shape index (κ3) is 0.713. The minimum absolute atomic E-state index is 1.11. The second-order valence-corrected chi connectivity index (χ2v) is 1.56. The molecule has 0 spiro atoms. The molecule has 0 bridgehead atoms. The fourth-order valence-corrected chi connectivity index (χ4v) is 0.424. The Morgan fingerprint density at radius 1 is 2.00 bits per heavy atom. The lowest BCUT2D eigenvalue weighted by molar-refractivity contribution is 1.29. The van der Waals surface area contributed by atoms with Gasteiger partial charge in [-0.3, -0.25) is 0 Å². The zero-order chi connectivity index (χ0) is 4.41. The molecule has 0 radical (unpaired) electrons. The van der Waals surface area contributed by atoms with E-state index < -0.39 is 0 Å². The molecule has 0 unspecified atom stereocenters. The van der Waals surface area contributed by atoms with Gasteiger partial charge in [0.2, 0.25) is 0 Å². The first-order chi connectivity index (χ1) is 2.93. The van der Waals surface area contributed by atoms with Crippen LogP contribution in [0.1, 0.15) is 12.8 Å². The second-order valence-electron chi connectivity index (χ2n) is 1.56. The predicted octanol–water partition coefficient (Wildman–Crippen LogP) is 1.89. The molecule has 0 heteroatoms. The molecule has 0 N–H and O–H groups in total. The third-order valence-electron chi connectivity index (χ3n) is 0.899. The summed E-state index contributed by atoms with van der Waals surface area (Å²) in [6.07, 6.45) is 6.52. The minimum atomic E-state index is 1.11. The van der Waals surface area contributed by atoms with Crippen molar-refractivity contribution in [2.24, 2.45) is 0 Å². The van der Waals surface area contributed by atoms with Crippen molar-refractivity contribution in [2.45, 2.75) is 12.8 Å². The summed E-state index contributed by atoms with van der Waals surface area (Å²) in [5, 5.41) is 0. The van der Waals surface area contributed by atoms with E-state index in [-0.39, 0.29) is 0 Å². The van der Waals surface area contributed by atoms with Gasteiger partial charge in [0.1, 0.15) is 0 Å². The van der Waals surface area contributed by atoms with Gasteiger partial charge in [-0.05, 0) is 12.8 Å². The van der Waals surface area contributed by atoms with Crippen LogP contribution in [0.5, 0.6) is 0 Å². The van der Waals surface area contributed by atoms with E-state index >= 15 is 0 Å². The van der Waals surface area contributed by atoms with E-state index in [0.717, 1.165) is 6.42 Å². The summed E-state index contributed by atoms with van der Waals surface area (Å²) in [7, 11) is 0. The van der Waals surface area contributed by atoms with E-state index in [2.05, 4.69) is 12.7 Å². The summed E-state index contributed by atoms with van der Waals surface area (Å²) in [5.41, 5.74) is 1.55. The van der Waals surface area contributed by atoms with Crippen molar-refractivity contribution in [1.29, 1.82) is 0 Å². The van der Waals surface area contributed by atoms with Gasteiger partial charge in [-0.25, -0.2) is 0 Å². The van der Waals surface area contributed by atoms with Crippen molar-refractivity contribution >= 4 is 0 Å². The van der Waals surface area contributed by atoms with Crippen LogP contribution in [0, 0.1) is 0 Å². The largest absolute Gasteiger partial charge is 0.103 e. The zero-order valence-corrected chi connectivity index (χ0v) is 3.78. The molecule has 0 nitrogen and oxygen atoms in total. The van der Waals surface area contributed by atoms with Gasteiger partial charge in [0.05, 0.1) is 0 Å². The van der Waals surface area contributed by atoms with E-state index in [1.54, 1.807) is 5.57 Å². The monoisotopic (exact) mass is 80.1 g/mol. The molecule has 0 aromatic carbocycles. The maximum Gasteiger partial charge on any atom is -0.0133 e. The molecule has 6 heavy (non-hydrogen) atoms. The Bertz CT molecular complexity index is 88.2. The summed E-state index contributed by atoms with van der Waals surface area (Å²) in [6.45, 7) is 3.60. The number of hydrogen-bond donors (Lipinski definition) is 0. The van der Waals surface area contributed by atoms with Gasteiger partial charge >= 0.3 is 0 Å². The quantitative estimate of drug-likeness (QED) is 0.444. The lowest BCUT2D eigenvalue weighted by Crippen LogP contribution is -1.52. The van der Waals surface area contributed by atoms with Crippen LogP contribution in [-0.2, 0) is 0 Å². The summed E-state index contributed by atoms with van der Waals surface area (Å²) >= 11 is 0. The van der Waals surface area contributed by atoms with Crippen molar-refractivity contribution in [3.8, 4) is 0 Å². The Labute approximate surface area is 38.2 Å². The summed E-state index contributed by atoms with van der Waals surface area (Å²) in [4.78, 5) is 0. The number of rotatable bonds is 2. The van der Waals surface area contributed by atoms with Crippen LogP contribution < -0.4 is 0 Å². The predicted molar refractivity (Wildman–Crippen MR) is 27.5 cm³/mol. The van der Waals surface area contributed by atoms with Crippen molar-refractivity contribution in [3.05, 3.63) is 24.3 Å². The highest BCUT2D eigenvalue weighted by Gasteiger charge is 2.01. The zero-order valence-electron chi connectivity index (χ0n) is 3.78. The average Bonchev–Trinajstić information content (AvgIpc) is 2.21. The number of hydrogen-bond acceptors (Lipinski definition) is 0. The van der Waals surface area contributed by atoms with Gasteiger partial charge in [-0.2, -0.15) is 0 Å². The van der Waals surface area contributed by atoms with Crippen molar-refractivity contribution < 1.29 is 0 Å². The standard InChI is InChI=1S/C6H8/c1-2-3-6-4-5-6/h2,4H,1,3,5H2. The fraction of sp³-hybridized carbons (Fsp3) is 0.333. The molecule has 32 valence electrons. The van der Waals surface area contributed by atoms with Crippen LogP contribution in [-0.4, -0.2) is 0 Å². The van der Waals surface area contributed by atoms with Crippen LogP contribution in [0.4, 0.5) is 0 Å². The van der Waals surface area contributed by atoms with Gasteiger partial charge in [0.15, 0.2) is 0 Å². The molecular weight excluding hydrogens is 72.1 g/mol. The molecular formula is C6H8. The molecule has 0 saturated carbocycles. The fourth-order valence-electron chi connectivity index (χ4n) is 0.424. The molecule has 0 atom stereocenters. The summed E-state index contributed by atoms with van der Waals surface area (Å²) in [6, 6.07) is 0. The SMILES string of the molecule is C=CCC1=CC1. The average molecular weight is 80.1 g/mol. The smallest absolute Gasteiger partial charge is 0.0133 e. The van der Waals surface area contributed by atoms with Crippen LogP contribution in [0.2, 0.25) is 0 Å². The second kappa shape index (κ2) is 1.29. The highest BCUT2D eigenvalue weighted by Crippen LogP contribution is 2.21. The normalized spacial score (nSPS) is 16.3. The van der Waals surface area contributed by atoms with Gasteiger partial charge in [-0.15, -0.1) is 6.58 Å². The molecule has 1 aliphatic rings. The van der Waals surface area contributed by atoms with Crippen molar-refractivity contribution in [1.82, 2.24) is 0 Å². The Morgan fingerprint density at radius 3 is 2.83 bits per heavy atom. The third-order valence-corrected chi connectivity index (χ3v) is 0.899. The first-order valence-corrected chi connectivity index (χ1v) is 2.22. The molecule has 0 fully saturated rings. The first-order valence-electron chi connectivity index (χ1n) is 2.22.